The molecule has 1 N–H and O–H groups in total. The Morgan fingerprint density at radius 1 is 1.07 bits per heavy atom. The van der Waals surface area contributed by atoms with Crippen LogP contribution in [-0.4, -0.2) is 47.7 Å². The first-order chi connectivity index (χ1) is 12.9. The van der Waals surface area contributed by atoms with Gasteiger partial charge in [-0.25, -0.2) is 9.78 Å². The summed E-state index contributed by atoms with van der Waals surface area (Å²) in [5.41, 5.74) is 0.704. The maximum absolute atomic E-state index is 12.6. The zero-order valence-corrected chi connectivity index (χ0v) is 16.3. The van der Waals surface area contributed by atoms with E-state index < -0.39 is 0 Å². The number of hydrogen-bond acceptors (Lipinski definition) is 4. The van der Waals surface area contributed by atoms with E-state index >= 15 is 0 Å². The number of amides is 2. The van der Waals surface area contributed by atoms with E-state index in [1.54, 1.807) is 6.20 Å². The number of pyridine rings is 1. The molecule has 0 atom stereocenters. The lowest BCUT2D eigenvalue weighted by molar-refractivity contribution is 0.129. The first kappa shape index (κ1) is 19.0. The minimum absolute atomic E-state index is 0.0405. The van der Waals surface area contributed by atoms with E-state index in [9.17, 15) is 4.79 Å². The van der Waals surface area contributed by atoms with Crippen LogP contribution in [0.5, 0.6) is 5.75 Å². The molecule has 2 amide bonds. The number of nitrogens with zero attached hydrogens (tertiary/aromatic N) is 3. The second-order valence-electron chi connectivity index (χ2n) is 7.64. The number of anilines is 1. The number of para-hydroxylation sites is 1. The predicted molar refractivity (Wildman–Crippen MR) is 107 cm³/mol. The fraction of sp³-hybridized carbons (Fsp3) is 0.429. The zero-order chi connectivity index (χ0) is 19.3. The van der Waals surface area contributed by atoms with Crippen LogP contribution >= 0.6 is 0 Å². The molecule has 2 heterocycles. The summed E-state index contributed by atoms with van der Waals surface area (Å²) >= 11 is 0. The molecule has 0 aliphatic carbocycles. The summed E-state index contributed by atoms with van der Waals surface area (Å²) in [5.74, 6) is 1.77. The van der Waals surface area contributed by atoms with Crippen molar-refractivity contribution in [1.29, 1.82) is 0 Å². The average molecular weight is 368 g/mol. The van der Waals surface area contributed by atoms with Gasteiger partial charge in [-0.3, -0.25) is 0 Å². The summed E-state index contributed by atoms with van der Waals surface area (Å²) in [5, 5.41) is 3.02. The molecule has 1 aliphatic heterocycles. The molecular formula is C21H28N4O2. The quantitative estimate of drug-likeness (QED) is 0.900. The molecule has 0 bridgehead atoms. The van der Waals surface area contributed by atoms with Crippen molar-refractivity contribution >= 4 is 11.8 Å². The highest BCUT2D eigenvalue weighted by Gasteiger charge is 2.22. The first-order valence-corrected chi connectivity index (χ1v) is 9.38. The van der Waals surface area contributed by atoms with Crippen molar-refractivity contribution in [2.45, 2.75) is 32.9 Å². The molecule has 0 radical (unpaired) electrons. The van der Waals surface area contributed by atoms with Crippen LogP contribution in [0.1, 0.15) is 26.3 Å². The smallest absolute Gasteiger partial charge is 0.317 e. The Hall–Kier alpha value is -2.76. The Bertz CT molecular complexity index is 750. The van der Waals surface area contributed by atoms with Crippen molar-refractivity contribution in [2.24, 2.45) is 0 Å². The highest BCUT2D eigenvalue weighted by Crippen LogP contribution is 2.23. The third-order valence-corrected chi connectivity index (χ3v) is 4.36. The molecule has 0 unspecified atom stereocenters. The highest BCUT2D eigenvalue weighted by atomic mass is 16.5. The largest absolute Gasteiger partial charge is 0.488 e. The number of benzene rings is 1. The number of nitrogens with one attached hydrogen (secondary N) is 1. The highest BCUT2D eigenvalue weighted by molar-refractivity contribution is 5.74. The van der Waals surface area contributed by atoms with E-state index in [0.717, 1.165) is 30.2 Å². The summed E-state index contributed by atoms with van der Waals surface area (Å²) in [7, 11) is 0. The molecule has 1 aliphatic rings. The van der Waals surface area contributed by atoms with Gasteiger partial charge in [-0.1, -0.05) is 24.3 Å². The van der Waals surface area contributed by atoms with Gasteiger partial charge in [-0.2, -0.15) is 0 Å². The van der Waals surface area contributed by atoms with Crippen LogP contribution in [0.2, 0.25) is 0 Å². The number of urea groups is 1. The molecule has 1 fully saturated rings. The summed E-state index contributed by atoms with van der Waals surface area (Å²) in [4.78, 5) is 21.0. The van der Waals surface area contributed by atoms with Gasteiger partial charge in [0.25, 0.3) is 0 Å². The summed E-state index contributed by atoms with van der Waals surface area (Å²) in [6, 6.07) is 13.7. The van der Waals surface area contributed by atoms with Crippen molar-refractivity contribution in [2.75, 3.05) is 31.1 Å². The Morgan fingerprint density at radius 2 is 1.78 bits per heavy atom. The van der Waals surface area contributed by atoms with Gasteiger partial charge >= 0.3 is 6.03 Å². The van der Waals surface area contributed by atoms with E-state index in [1.807, 2.05) is 68.1 Å². The fourth-order valence-corrected chi connectivity index (χ4v) is 3.04. The van der Waals surface area contributed by atoms with Gasteiger partial charge in [0, 0.05) is 44.5 Å². The second-order valence-corrected chi connectivity index (χ2v) is 7.64. The van der Waals surface area contributed by atoms with Crippen molar-refractivity contribution in [1.82, 2.24) is 15.2 Å². The number of ether oxygens (including phenoxy) is 1. The normalized spacial score (nSPS) is 14.8. The maximum Gasteiger partial charge on any atom is 0.317 e. The SMILES string of the molecule is CC(C)(C)Oc1ccccc1CNC(=O)N1CCN(c2ccccn2)CC1. The lowest BCUT2D eigenvalue weighted by Gasteiger charge is -2.35. The number of aromatic nitrogens is 1. The Kier molecular flexibility index (Phi) is 5.84. The van der Waals surface area contributed by atoms with Crippen LogP contribution in [0.3, 0.4) is 0 Å². The van der Waals surface area contributed by atoms with E-state index in [4.69, 9.17) is 4.74 Å². The van der Waals surface area contributed by atoms with Crippen molar-refractivity contribution in [3.05, 3.63) is 54.2 Å². The predicted octanol–water partition coefficient (Wildman–Crippen LogP) is 3.29. The molecule has 1 aromatic heterocycles. The third kappa shape index (κ3) is 5.36. The molecule has 0 saturated carbocycles. The summed E-state index contributed by atoms with van der Waals surface area (Å²) in [6.07, 6.45) is 1.80. The summed E-state index contributed by atoms with van der Waals surface area (Å²) in [6.45, 7) is 9.44. The number of carbonyl (C=O) groups is 1. The Balaban J connectivity index is 1.52. The van der Waals surface area contributed by atoms with Gasteiger partial charge < -0.3 is 19.9 Å². The average Bonchev–Trinajstić information content (AvgIpc) is 2.67. The zero-order valence-electron chi connectivity index (χ0n) is 16.3. The van der Waals surface area contributed by atoms with Crippen molar-refractivity contribution in [3.63, 3.8) is 0 Å². The van der Waals surface area contributed by atoms with Crippen LogP contribution in [0.25, 0.3) is 0 Å². The van der Waals surface area contributed by atoms with Crippen LogP contribution in [0.15, 0.2) is 48.7 Å². The molecule has 144 valence electrons. The van der Waals surface area contributed by atoms with Gasteiger partial charge in [0.05, 0.1) is 0 Å². The maximum atomic E-state index is 12.6. The molecule has 6 nitrogen and oxygen atoms in total. The molecule has 1 saturated heterocycles. The van der Waals surface area contributed by atoms with E-state index in [0.29, 0.717) is 19.6 Å². The standard InChI is InChI=1S/C21H28N4O2/c1-21(2,3)27-18-9-5-4-8-17(18)16-23-20(26)25-14-12-24(13-15-25)19-10-6-7-11-22-19/h4-11H,12-16H2,1-3H3,(H,23,26). The van der Waals surface area contributed by atoms with Crippen LogP contribution in [0.4, 0.5) is 10.6 Å². The molecule has 0 spiro atoms. The van der Waals surface area contributed by atoms with Gasteiger partial charge in [0.15, 0.2) is 0 Å². The number of hydrogen-bond donors (Lipinski definition) is 1. The van der Waals surface area contributed by atoms with Crippen LogP contribution < -0.4 is 15.0 Å². The fourth-order valence-electron chi connectivity index (χ4n) is 3.04. The molecule has 1 aromatic carbocycles. The summed E-state index contributed by atoms with van der Waals surface area (Å²) < 4.78 is 6.00. The van der Waals surface area contributed by atoms with Gasteiger partial charge in [0.1, 0.15) is 17.2 Å². The van der Waals surface area contributed by atoms with Crippen LogP contribution in [-0.2, 0) is 6.54 Å². The monoisotopic (exact) mass is 368 g/mol. The first-order valence-electron chi connectivity index (χ1n) is 9.38. The van der Waals surface area contributed by atoms with Crippen molar-refractivity contribution < 1.29 is 9.53 Å². The van der Waals surface area contributed by atoms with Gasteiger partial charge in [0.2, 0.25) is 0 Å². The van der Waals surface area contributed by atoms with Crippen LogP contribution in [0, 0.1) is 0 Å². The lowest BCUT2D eigenvalue weighted by atomic mass is 10.1. The lowest BCUT2D eigenvalue weighted by Crippen LogP contribution is -2.51. The van der Waals surface area contributed by atoms with E-state index in [1.165, 1.54) is 0 Å². The topological polar surface area (TPSA) is 57.7 Å². The molecular weight excluding hydrogens is 340 g/mol. The number of piperazine rings is 1. The molecule has 6 heteroatoms. The van der Waals surface area contributed by atoms with Crippen molar-refractivity contribution in [3.8, 4) is 5.75 Å². The number of carbonyl (C=O) groups excluding carboxylic acids is 1. The molecule has 27 heavy (non-hydrogen) atoms. The van der Waals surface area contributed by atoms with Gasteiger partial charge in [-0.15, -0.1) is 0 Å². The van der Waals surface area contributed by atoms with E-state index in [2.05, 4.69) is 15.2 Å². The second kappa shape index (κ2) is 8.29. The Labute approximate surface area is 161 Å². The van der Waals surface area contributed by atoms with E-state index in [-0.39, 0.29) is 11.6 Å². The molecule has 3 rings (SSSR count). The Morgan fingerprint density at radius 3 is 2.44 bits per heavy atom. The third-order valence-electron chi connectivity index (χ3n) is 4.36. The number of rotatable bonds is 4. The minimum atomic E-state index is -0.276. The minimum Gasteiger partial charge on any atom is -0.488 e. The van der Waals surface area contributed by atoms with Gasteiger partial charge in [-0.05, 0) is 39.0 Å². The molecule has 2 aromatic rings.